The molecule has 0 spiro atoms. The summed E-state index contributed by atoms with van der Waals surface area (Å²) in [5.74, 6) is 2.41. The molecule has 1 saturated carbocycles. The van der Waals surface area contributed by atoms with Crippen LogP contribution in [0.2, 0.25) is 0 Å². The van der Waals surface area contributed by atoms with Gasteiger partial charge in [0.15, 0.2) is 5.82 Å². The lowest BCUT2D eigenvalue weighted by Gasteiger charge is -2.22. The van der Waals surface area contributed by atoms with E-state index in [9.17, 15) is 0 Å². The quantitative estimate of drug-likeness (QED) is 0.893. The van der Waals surface area contributed by atoms with Gasteiger partial charge in [0.05, 0.1) is 5.69 Å². The van der Waals surface area contributed by atoms with Crippen LogP contribution in [0.25, 0.3) is 5.82 Å². The van der Waals surface area contributed by atoms with Crippen LogP contribution in [-0.4, -0.2) is 27.1 Å². The van der Waals surface area contributed by atoms with Gasteiger partial charge in [-0.15, -0.1) is 0 Å². The van der Waals surface area contributed by atoms with E-state index in [-0.39, 0.29) is 0 Å². The fourth-order valence-electron chi connectivity index (χ4n) is 3.01. The van der Waals surface area contributed by atoms with E-state index in [1.54, 1.807) is 6.20 Å². The predicted octanol–water partition coefficient (Wildman–Crippen LogP) is 2.12. The molecule has 2 aromatic heterocycles. The van der Waals surface area contributed by atoms with Gasteiger partial charge in [0, 0.05) is 24.6 Å². The second-order valence-corrected chi connectivity index (χ2v) is 5.40. The number of imidazole rings is 1. The van der Waals surface area contributed by atoms with Gasteiger partial charge in [-0.3, -0.25) is 4.57 Å². The molecule has 106 valence electrons. The van der Waals surface area contributed by atoms with Crippen molar-refractivity contribution in [1.82, 2.24) is 14.5 Å². The molecule has 0 amide bonds. The van der Waals surface area contributed by atoms with Crippen LogP contribution in [0.4, 0.5) is 5.69 Å². The number of hydrogen-bond donors (Lipinski definition) is 2. The Morgan fingerprint density at radius 2 is 2.25 bits per heavy atom. The molecular weight excluding hydrogens is 250 g/mol. The second kappa shape index (κ2) is 5.63. The minimum Gasteiger partial charge on any atom is -0.379 e. The number of hydrogen-bond acceptors (Lipinski definition) is 4. The number of aromatic nitrogens is 3. The first-order valence-corrected chi connectivity index (χ1v) is 7.21. The minimum absolute atomic E-state index is 0.451. The standard InChI is InChI=1S/C15H21N5/c1-11-17-8-9-20(11)15-14(6-3-7-18-15)19-13-5-2-4-12(13)10-16/h3,6-9,12-13,19H,2,4-5,10,16H2,1H3. The van der Waals surface area contributed by atoms with Crippen LogP contribution in [0.15, 0.2) is 30.7 Å². The Morgan fingerprint density at radius 1 is 1.35 bits per heavy atom. The molecule has 20 heavy (non-hydrogen) atoms. The highest BCUT2D eigenvalue weighted by atomic mass is 15.1. The monoisotopic (exact) mass is 271 g/mol. The highest BCUT2D eigenvalue weighted by molar-refractivity contribution is 5.57. The Kier molecular flexibility index (Phi) is 3.69. The average Bonchev–Trinajstić information content (AvgIpc) is 3.08. The summed E-state index contributed by atoms with van der Waals surface area (Å²) < 4.78 is 2.01. The van der Waals surface area contributed by atoms with Crippen molar-refractivity contribution in [2.75, 3.05) is 11.9 Å². The van der Waals surface area contributed by atoms with E-state index in [1.165, 1.54) is 19.3 Å². The molecule has 3 rings (SSSR count). The van der Waals surface area contributed by atoms with E-state index in [2.05, 4.69) is 21.4 Å². The van der Waals surface area contributed by atoms with Crippen LogP contribution >= 0.6 is 0 Å². The van der Waals surface area contributed by atoms with Crippen LogP contribution in [-0.2, 0) is 0 Å². The highest BCUT2D eigenvalue weighted by Crippen LogP contribution is 2.29. The summed E-state index contributed by atoms with van der Waals surface area (Å²) in [5, 5.41) is 3.63. The van der Waals surface area contributed by atoms with Gasteiger partial charge >= 0.3 is 0 Å². The van der Waals surface area contributed by atoms with E-state index in [0.29, 0.717) is 12.0 Å². The molecule has 2 heterocycles. The molecule has 0 aliphatic heterocycles. The fraction of sp³-hybridized carbons (Fsp3) is 0.467. The Balaban J connectivity index is 1.89. The third-order valence-corrected chi connectivity index (χ3v) is 4.14. The van der Waals surface area contributed by atoms with Crippen LogP contribution in [0, 0.1) is 12.8 Å². The summed E-state index contributed by atoms with van der Waals surface area (Å²) in [6.45, 7) is 2.73. The number of pyridine rings is 1. The topological polar surface area (TPSA) is 68.8 Å². The van der Waals surface area contributed by atoms with E-state index in [1.807, 2.05) is 30.0 Å². The molecule has 1 aliphatic rings. The fourth-order valence-corrected chi connectivity index (χ4v) is 3.01. The van der Waals surface area contributed by atoms with E-state index >= 15 is 0 Å². The molecule has 2 unspecified atom stereocenters. The molecule has 1 aliphatic carbocycles. The van der Waals surface area contributed by atoms with E-state index in [4.69, 9.17) is 5.73 Å². The molecule has 0 aromatic carbocycles. The van der Waals surface area contributed by atoms with Crippen LogP contribution in [0.1, 0.15) is 25.1 Å². The summed E-state index contributed by atoms with van der Waals surface area (Å²) in [6, 6.07) is 4.49. The smallest absolute Gasteiger partial charge is 0.161 e. The maximum atomic E-state index is 5.86. The highest BCUT2D eigenvalue weighted by Gasteiger charge is 2.26. The van der Waals surface area contributed by atoms with Crippen molar-refractivity contribution in [2.24, 2.45) is 11.7 Å². The van der Waals surface area contributed by atoms with Gasteiger partial charge in [0.25, 0.3) is 0 Å². The first-order chi connectivity index (χ1) is 9.79. The van der Waals surface area contributed by atoms with Crippen molar-refractivity contribution in [1.29, 1.82) is 0 Å². The predicted molar refractivity (Wildman–Crippen MR) is 79.9 cm³/mol. The number of anilines is 1. The van der Waals surface area contributed by atoms with Gasteiger partial charge in [0.2, 0.25) is 0 Å². The van der Waals surface area contributed by atoms with Gasteiger partial charge in [-0.1, -0.05) is 6.42 Å². The summed E-state index contributed by atoms with van der Waals surface area (Å²) in [4.78, 5) is 8.78. The zero-order valence-corrected chi connectivity index (χ0v) is 11.8. The second-order valence-electron chi connectivity index (χ2n) is 5.40. The number of nitrogens with one attached hydrogen (secondary N) is 1. The molecule has 1 fully saturated rings. The lowest BCUT2D eigenvalue weighted by atomic mass is 10.0. The molecule has 0 bridgehead atoms. The number of aryl methyl sites for hydroxylation is 1. The molecule has 0 radical (unpaired) electrons. The minimum atomic E-state index is 0.451. The lowest BCUT2D eigenvalue weighted by Crippen LogP contribution is -2.30. The normalized spacial score (nSPS) is 22.1. The number of rotatable bonds is 4. The summed E-state index contributed by atoms with van der Waals surface area (Å²) in [5.41, 5.74) is 6.92. The molecule has 5 nitrogen and oxygen atoms in total. The third kappa shape index (κ3) is 2.41. The summed E-state index contributed by atoms with van der Waals surface area (Å²) in [7, 11) is 0. The van der Waals surface area contributed by atoms with Crippen molar-refractivity contribution < 1.29 is 0 Å². The van der Waals surface area contributed by atoms with Crippen molar-refractivity contribution in [3.63, 3.8) is 0 Å². The Labute approximate surface area is 119 Å². The molecule has 5 heteroatoms. The van der Waals surface area contributed by atoms with Crippen LogP contribution in [0.3, 0.4) is 0 Å². The molecule has 3 N–H and O–H groups in total. The van der Waals surface area contributed by atoms with Crippen molar-refractivity contribution in [3.8, 4) is 5.82 Å². The van der Waals surface area contributed by atoms with Gasteiger partial charge in [0.1, 0.15) is 5.82 Å². The van der Waals surface area contributed by atoms with E-state index < -0.39 is 0 Å². The maximum absolute atomic E-state index is 5.86. The zero-order valence-electron chi connectivity index (χ0n) is 11.8. The van der Waals surface area contributed by atoms with Crippen LogP contribution in [0.5, 0.6) is 0 Å². The first kappa shape index (κ1) is 13.1. The van der Waals surface area contributed by atoms with Crippen LogP contribution < -0.4 is 11.1 Å². The van der Waals surface area contributed by atoms with Gasteiger partial charge in [-0.2, -0.15) is 0 Å². The third-order valence-electron chi connectivity index (χ3n) is 4.14. The van der Waals surface area contributed by atoms with Gasteiger partial charge < -0.3 is 11.1 Å². The number of nitrogens with zero attached hydrogens (tertiary/aromatic N) is 3. The Hall–Kier alpha value is -1.88. The maximum Gasteiger partial charge on any atom is 0.161 e. The summed E-state index contributed by atoms with van der Waals surface area (Å²) >= 11 is 0. The Bertz CT molecular complexity index is 577. The largest absolute Gasteiger partial charge is 0.379 e. The molecular formula is C15H21N5. The zero-order chi connectivity index (χ0) is 13.9. The SMILES string of the molecule is Cc1nccn1-c1ncccc1NC1CCCC1CN. The number of nitrogens with two attached hydrogens (primary N) is 1. The van der Waals surface area contributed by atoms with Crippen molar-refractivity contribution >= 4 is 5.69 Å². The van der Waals surface area contributed by atoms with Gasteiger partial charge in [-0.05, 0) is 44.4 Å². The average molecular weight is 271 g/mol. The first-order valence-electron chi connectivity index (χ1n) is 7.21. The van der Waals surface area contributed by atoms with Crippen molar-refractivity contribution in [2.45, 2.75) is 32.2 Å². The molecule has 2 aromatic rings. The molecule has 0 saturated heterocycles. The van der Waals surface area contributed by atoms with Gasteiger partial charge in [-0.25, -0.2) is 9.97 Å². The van der Waals surface area contributed by atoms with E-state index in [0.717, 1.165) is 23.9 Å². The summed E-state index contributed by atoms with van der Waals surface area (Å²) in [6.07, 6.45) is 9.20. The lowest BCUT2D eigenvalue weighted by molar-refractivity contribution is 0.516. The molecule has 2 atom stereocenters. The van der Waals surface area contributed by atoms with Crippen molar-refractivity contribution in [3.05, 3.63) is 36.5 Å². The Morgan fingerprint density at radius 3 is 3.00 bits per heavy atom.